The summed E-state index contributed by atoms with van der Waals surface area (Å²) in [6, 6.07) is 5.51. The van der Waals surface area contributed by atoms with Crippen LogP contribution in [0.1, 0.15) is 25.8 Å². The molecule has 2 unspecified atom stereocenters. The van der Waals surface area contributed by atoms with Crippen LogP contribution in [0.15, 0.2) is 42.0 Å². The molecular weight excluding hydrogens is 370 g/mol. The molecule has 2 aromatic heterocycles. The summed E-state index contributed by atoms with van der Waals surface area (Å²) in [5, 5.41) is 13.6. The molecule has 3 aromatic rings. The number of fused-ring (bicyclic) bond motifs is 3. The van der Waals surface area contributed by atoms with Crippen LogP contribution in [0.2, 0.25) is 0 Å². The van der Waals surface area contributed by atoms with E-state index in [9.17, 15) is 9.59 Å². The third-order valence-corrected chi connectivity index (χ3v) is 5.00. The predicted molar refractivity (Wildman–Crippen MR) is 114 cm³/mol. The van der Waals surface area contributed by atoms with Gasteiger partial charge in [-0.3, -0.25) is 9.78 Å². The lowest BCUT2D eigenvalue weighted by Crippen LogP contribution is -2.33. The van der Waals surface area contributed by atoms with E-state index in [4.69, 9.17) is 9.84 Å². The number of hydrogen-bond acceptors (Lipinski definition) is 4. The first-order valence-corrected chi connectivity index (χ1v) is 9.47. The fourth-order valence-electron chi connectivity index (χ4n) is 3.63. The molecule has 152 valence electrons. The minimum atomic E-state index is -1.03. The van der Waals surface area contributed by atoms with Gasteiger partial charge in [0.1, 0.15) is 5.75 Å². The molecular formula is C22H25N3O4. The van der Waals surface area contributed by atoms with Crippen molar-refractivity contribution in [2.75, 3.05) is 6.61 Å². The van der Waals surface area contributed by atoms with E-state index in [-0.39, 0.29) is 17.5 Å². The number of carboxylic acid groups (broad SMARTS) is 1. The number of benzene rings is 1. The quantitative estimate of drug-likeness (QED) is 0.594. The first kappa shape index (κ1) is 20.4. The fraction of sp³-hybridized carbons (Fsp3) is 0.318. The zero-order valence-electron chi connectivity index (χ0n) is 16.8. The zero-order valence-corrected chi connectivity index (χ0v) is 16.8. The van der Waals surface area contributed by atoms with Gasteiger partial charge in [0.05, 0.1) is 17.5 Å². The molecule has 29 heavy (non-hydrogen) atoms. The van der Waals surface area contributed by atoms with Crippen molar-refractivity contribution in [2.45, 2.75) is 26.3 Å². The van der Waals surface area contributed by atoms with Crippen LogP contribution < -0.4 is 15.6 Å². The molecule has 2 atom stereocenters. The summed E-state index contributed by atoms with van der Waals surface area (Å²) < 4.78 is 7.64. The van der Waals surface area contributed by atoms with Crippen molar-refractivity contribution in [3.8, 4) is 5.75 Å². The van der Waals surface area contributed by atoms with E-state index in [1.54, 1.807) is 30.1 Å². The number of pyridine rings is 2. The van der Waals surface area contributed by atoms with Crippen LogP contribution in [0.3, 0.4) is 0 Å². The lowest BCUT2D eigenvalue weighted by Gasteiger charge is -2.19. The molecule has 7 nitrogen and oxygen atoms in total. The number of ether oxygens (including phenoxy) is 1. The highest BCUT2D eigenvalue weighted by molar-refractivity contribution is 6.06. The molecule has 0 saturated heterocycles. The summed E-state index contributed by atoms with van der Waals surface area (Å²) in [4.78, 5) is 27.5. The second kappa shape index (κ2) is 8.34. The van der Waals surface area contributed by atoms with E-state index >= 15 is 0 Å². The van der Waals surface area contributed by atoms with Crippen LogP contribution >= 0.6 is 0 Å². The van der Waals surface area contributed by atoms with Gasteiger partial charge < -0.3 is 19.7 Å². The molecule has 0 aliphatic rings. The highest BCUT2D eigenvalue weighted by Crippen LogP contribution is 2.30. The Morgan fingerprint density at radius 3 is 2.79 bits per heavy atom. The monoisotopic (exact) mass is 395 g/mol. The molecule has 0 fully saturated rings. The molecule has 0 saturated carbocycles. The molecule has 0 bridgehead atoms. The van der Waals surface area contributed by atoms with Gasteiger partial charge in [0.2, 0.25) is 0 Å². The highest BCUT2D eigenvalue weighted by atomic mass is 16.5. The Labute approximate surface area is 168 Å². The topological polar surface area (TPSA) is 93.5 Å². The molecule has 2 heterocycles. The Kier molecular flexibility index (Phi) is 5.87. The van der Waals surface area contributed by atoms with Crippen molar-refractivity contribution in [2.24, 2.45) is 13.0 Å². The lowest BCUT2D eigenvalue weighted by atomic mass is 10.0. The minimum absolute atomic E-state index is 0.111. The Balaban J connectivity index is 1.94. The van der Waals surface area contributed by atoms with Gasteiger partial charge in [0.15, 0.2) is 0 Å². The number of nitrogens with zero attached hydrogens (tertiary/aromatic N) is 2. The predicted octanol–water partition coefficient (Wildman–Crippen LogP) is 3.79. The van der Waals surface area contributed by atoms with Gasteiger partial charge in [-0.1, -0.05) is 19.6 Å². The molecule has 2 N–H and O–H groups in total. The van der Waals surface area contributed by atoms with Crippen molar-refractivity contribution in [3.05, 3.63) is 53.1 Å². The van der Waals surface area contributed by atoms with Crippen molar-refractivity contribution >= 4 is 33.8 Å². The molecule has 3 rings (SSSR count). The molecule has 0 radical (unpaired) electrons. The Bertz CT molecular complexity index is 1140. The Morgan fingerprint density at radius 1 is 1.34 bits per heavy atom. The van der Waals surface area contributed by atoms with E-state index < -0.39 is 6.09 Å². The van der Waals surface area contributed by atoms with Crippen LogP contribution in [0, 0.1) is 5.92 Å². The molecule has 1 amide bonds. The second-order valence-corrected chi connectivity index (χ2v) is 7.40. The third-order valence-electron chi connectivity index (χ3n) is 5.00. The summed E-state index contributed by atoms with van der Waals surface area (Å²) in [6.45, 7) is 8.14. The molecule has 1 aromatic carbocycles. The molecule has 7 heteroatoms. The van der Waals surface area contributed by atoms with Crippen LogP contribution in [-0.4, -0.2) is 33.4 Å². The molecule has 0 spiro atoms. The maximum Gasteiger partial charge on any atom is 0.404 e. The van der Waals surface area contributed by atoms with E-state index in [1.807, 2.05) is 32.0 Å². The average molecular weight is 395 g/mol. The van der Waals surface area contributed by atoms with Gasteiger partial charge in [-0.05, 0) is 36.8 Å². The molecule has 0 aliphatic carbocycles. The largest absolute Gasteiger partial charge is 0.493 e. The summed E-state index contributed by atoms with van der Waals surface area (Å²) in [5.41, 5.74) is 1.49. The van der Waals surface area contributed by atoms with Crippen molar-refractivity contribution < 1.29 is 14.6 Å². The minimum Gasteiger partial charge on any atom is -0.493 e. The first-order chi connectivity index (χ1) is 13.8. The maximum absolute atomic E-state index is 12.7. The average Bonchev–Trinajstić information content (AvgIpc) is 2.69. The van der Waals surface area contributed by atoms with Crippen LogP contribution in [0.5, 0.6) is 5.75 Å². The van der Waals surface area contributed by atoms with Gasteiger partial charge in [-0.15, -0.1) is 0 Å². The van der Waals surface area contributed by atoms with E-state index in [2.05, 4.69) is 16.9 Å². The summed E-state index contributed by atoms with van der Waals surface area (Å²) in [7, 11) is 1.73. The van der Waals surface area contributed by atoms with Crippen molar-refractivity contribution in [1.82, 2.24) is 14.9 Å². The number of hydrogen-bond donors (Lipinski definition) is 2. The summed E-state index contributed by atoms with van der Waals surface area (Å²) in [6.07, 6.45) is 4.61. The number of aryl methyl sites for hydroxylation is 1. The van der Waals surface area contributed by atoms with Gasteiger partial charge >= 0.3 is 6.09 Å². The van der Waals surface area contributed by atoms with E-state index in [0.717, 1.165) is 21.9 Å². The first-order valence-electron chi connectivity index (χ1n) is 9.47. The highest BCUT2D eigenvalue weighted by Gasteiger charge is 2.15. The number of carbonyl (C=O) groups is 1. The Hall–Kier alpha value is -3.35. The van der Waals surface area contributed by atoms with Crippen LogP contribution in [0.4, 0.5) is 4.79 Å². The van der Waals surface area contributed by atoms with Crippen molar-refractivity contribution in [3.63, 3.8) is 0 Å². The number of amides is 1. The second-order valence-electron chi connectivity index (χ2n) is 7.40. The van der Waals surface area contributed by atoms with Gasteiger partial charge in [-0.25, -0.2) is 4.79 Å². The van der Waals surface area contributed by atoms with Crippen molar-refractivity contribution in [1.29, 1.82) is 0 Å². The SMILES string of the molecule is C=Cc1cc2c3ccncc3c(=O)n(C)c2cc1OCC(C)CC(C)NC(=O)O. The number of rotatable bonds is 7. The summed E-state index contributed by atoms with van der Waals surface area (Å²) in [5.74, 6) is 0.776. The number of aromatic nitrogens is 2. The van der Waals surface area contributed by atoms with Crippen LogP contribution in [0.25, 0.3) is 27.8 Å². The standard InChI is InChI=1S/C22H25N3O4/c1-5-15-9-17-16-6-7-23-11-18(16)21(26)25(4)19(17)10-20(15)29-12-13(2)8-14(3)24-22(27)28/h5-7,9-11,13-14,24H,1,8,12H2,2-4H3,(H,27,28). The van der Waals surface area contributed by atoms with E-state index in [1.165, 1.54) is 0 Å². The van der Waals surface area contributed by atoms with Gasteiger partial charge in [0.25, 0.3) is 5.56 Å². The molecule has 0 aliphatic heterocycles. The third kappa shape index (κ3) is 4.23. The maximum atomic E-state index is 12.7. The fourth-order valence-corrected chi connectivity index (χ4v) is 3.63. The van der Waals surface area contributed by atoms with Crippen LogP contribution in [-0.2, 0) is 7.05 Å². The normalized spacial score (nSPS) is 13.2. The summed E-state index contributed by atoms with van der Waals surface area (Å²) >= 11 is 0. The number of nitrogens with one attached hydrogen (secondary N) is 1. The van der Waals surface area contributed by atoms with Gasteiger partial charge in [-0.2, -0.15) is 0 Å². The smallest absolute Gasteiger partial charge is 0.404 e. The lowest BCUT2D eigenvalue weighted by molar-refractivity contribution is 0.185. The zero-order chi connectivity index (χ0) is 21.1. The van der Waals surface area contributed by atoms with E-state index in [0.29, 0.717) is 24.2 Å². The van der Waals surface area contributed by atoms with Gasteiger partial charge in [0, 0.05) is 42.5 Å². The Morgan fingerprint density at radius 2 is 2.10 bits per heavy atom.